The zero-order valence-electron chi connectivity index (χ0n) is 11.7. The number of alkyl halides is 1. The second-order valence-electron chi connectivity index (χ2n) is 4.77. The summed E-state index contributed by atoms with van der Waals surface area (Å²) in [5.74, 6) is 0.864. The molecule has 0 bridgehead atoms. The van der Waals surface area contributed by atoms with Crippen LogP contribution in [0.15, 0.2) is 46.9 Å². The Labute approximate surface area is 134 Å². The predicted octanol–water partition coefficient (Wildman–Crippen LogP) is 5.68. The number of hydrogen-bond donors (Lipinski definition) is 0. The summed E-state index contributed by atoms with van der Waals surface area (Å²) in [6.45, 7) is 4.71. The van der Waals surface area contributed by atoms with Gasteiger partial charge in [0.05, 0.1) is 12.0 Å². The Bertz CT molecular complexity index is 566. The van der Waals surface area contributed by atoms with Gasteiger partial charge in [-0.15, -0.1) is 11.6 Å². The lowest BCUT2D eigenvalue weighted by molar-refractivity contribution is 0.336. The molecule has 0 aliphatic heterocycles. The van der Waals surface area contributed by atoms with E-state index < -0.39 is 0 Å². The van der Waals surface area contributed by atoms with Crippen molar-refractivity contribution in [2.24, 2.45) is 0 Å². The minimum Gasteiger partial charge on any atom is -0.494 e. The number of halogens is 2. The molecule has 1 atom stereocenters. The van der Waals surface area contributed by atoms with Crippen molar-refractivity contribution in [3.05, 3.63) is 63.6 Å². The molecule has 0 saturated carbocycles. The Hall–Kier alpha value is -0.990. The summed E-state index contributed by atoms with van der Waals surface area (Å²) in [7, 11) is 0. The molecule has 0 spiro atoms. The van der Waals surface area contributed by atoms with Crippen LogP contribution in [0.5, 0.6) is 5.75 Å². The third-order valence-electron chi connectivity index (χ3n) is 3.14. The summed E-state index contributed by atoms with van der Waals surface area (Å²) < 4.78 is 6.68. The first-order valence-corrected chi connectivity index (χ1v) is 7.95. The van der Waals surface area contributed by atoms with E-state index in [0.29, 0.717) is 6.61 Å². The predicted molar refractivity (Wildman–Crippen MR) is 88.8 cm³/mol. The van der Waals surface area contributed by atoms with E-state index >= 15 is 0 Å². The van der Waals surface area contributed by atoms with Crippen LogP contribution in [0, 0.1) is 6.92 Å². The zero-order valence-corrected chi connectivity index (χ0v) is 14.0. The van der Waals surface area contributed by atoms with Gasteiger partial charge in [0.15, 0.2) is 0 Å². The average Bonchev–Trinajstić information content (AvgIpc) is 2.43. The van der Waals surface area contributed by atoms with Gasteiger partial charge in [0.25, 0.3) is 0 Å². The maximum atomic E-state index is 6.59. The maximum Gasteiger partial charge on any atom is 0.124 e. The highest BCUT2D eigenvalue weighted by molar-refractivity contribution is 9.10. The van der Waals surface area contributed by atoms with Crippen LogP contribution in [0.2, 0.25) is 0 Å². The van der Waals surface area contributed by atoms with Gasteiger partial charge >= 0.3 is 0 Å². The van der Waals surface area contributed by atoms with Crippen molar-refractivity contribution in [2.45, 2.75) is 25.6 Å². The van der Waals surface area contributed by atoms with Crippen LogP contribution in [0.1, 0.15) is 29.0 Å². The van der Waals surface area contributed by atoms with Gasteiger partial charge in [0.1, 0.15) is 5.75 Å². The molecule has 1 unspecified atom stereocenters. The fourth-order valence-electron chi connectivity index (χ4n) is 2.09. The van der Waals surface area contributed by atoms with Crippen LogP contribution >= 0.6 is 27.5 Å². The van der Waals surface area contributed by atoms with Crippen molar-refractivity contribution in [2.75, 3.05) is 6.61 Å². The first-order chi connectivity index (χ1) is 9.60. The Balaban J connectivity index is 2.21. The fraction of sp³-hybridized carbons (Fsp3) is 0.294. The summed E-state index contributed by atoms with van der Waals surface area (Å²) in [5.41, 5.74) is 3.53. The molecule has 0 aromatic heterocycles. The molecule has 0 N–H and O–H groups in total. The molecule has 106 valence electrons. The fourth-order valence-corrected chi connectivity index (χ4v) is 2.82. The largest absolute Gasteiger partial charge is 0.494 e. The summed E-state index contributed by atoms with van der Waals surface area (Å²) in [6.07, 6.45) is 0.790. The highest BCUT2D eigenvalue weighted by Crippen LogP contribution is 2.34. The first-order valence-electron chi connectivity index (χ1n) is 6.72. The molecule has 2 rings (SSSR count). The average molecular weight is 354 g/mol. The van der Waals surface area contributed by atoms with Crippen LogP contribution in [0.4, 0.5) is 0 Å². The van der Waals surface area contributed by atoms with E-state index in [0.717, 1.165) is 22.2 Å². The quantitative estimate of drug-likeness (QED) is 0.628. The second kappa shape index (κ2) is 7.14. The van der Waals surface area contributed by atoms with Gasteiger partial charge in [-0.2, -0.15) is 0 Å². The van der Waals surface area contributed by atoms with Gasteiger partial charge < -0.3 is 4.74 Å². The van der Waals surface area contributed by atoms with Gasteiger partial charge in [-0.3, -0.25) is 0 Å². The second-order valence-corrected chi connectivity index (χ2v) is 6.21. The van der Waals surface area contributed by atoms with Crippen molar-refractivity contribution in [3.8, 4) is 5.75 Å². The normalized spacial score (nSPS) is 12.2. The lowest BCUT2D eigenvalue weighted by Crippen LogP contribution is -2.01. The van der Waals surface area contributed by atoms with Crippen molar-refractivity contribution in [3.63, 3.8) is 0 Å². The number of ether oxygens (including phenoxy) is 1. The standard InChI is InChI=1S/C17H18BrClO/c1-3-20-17-9-8-14(18)11-15(17)16(19)10-13-6-4-12(2)5-7-13/h4-9,11,16H,3,10H2,1-2H3. The minimum atomic E-state index is -0.100. The van der Waals surface area contributed by atoms with Crippen LogP contribution in [-0.2, 0) is 6.42 Å². The summed E-state index contributed by atoms with van der Waals surface area (Å²) in [4.78, 5) is 0. The molecule has 0 amide bonds. The molecular formula is C17H18BrClO. The Morgan fingerprint density at radius 3 is 2.50 bits per heavy atom. The van der Waals surface area contributed by atoms with Crippen molar-refractivity contribution >= 4 is 27.5 Å². The molecule has 3 heteroatoms. The van der Waals surface area contributed by atoms with Gasteiger partial charge in [-0.05, 0) is 44.0 Å². The lowest BCUT2D eigenvalue weighted by Gasteiger charge is -2.15. The van der Waals surface area contributed by atoms with E-state index in [2.05, 4.69) is 47.1 Å². The molecule has 2 aromatic carbocycles. The molecule has 0 aliphatic carbocycles. The number of benzene rings is 2. The highest BCUT2D eigenvalue weighted by atomic mass is 79.9. The Kier molecular flexibility index (Phi) is 5.50. The number of hydrogen-bond acceptors (Lipinski definition) is 1. The van der Waals surface area contributed by atoms with E-state index in [-0.39, 0.29) is 5.38 Å². The van der Waals surface area contributed by atoms with Gasteiger partial charge in [-0.1, -0.05) is 45.8 Å². The maximum absolute atomic E-state index is 6.59. The van der Waals surface area contributed by atoms with E-state index in [4.69, 9.17) is 16.3 Å². The smallest absolute Gasteiger partial charge is 0.124 e. The molecule has 0 saturated heterocycles. The number of aryl methyl sites for hydroxylation is 1. The van der Waals surface area contributed by atoms with Crippen LogP contribution < -0.4 is 4.74 Å². The zero-order chi connectivity index (χ0) is 14.5. The molecule has 0 aliphatic rings. The van der Waals surface area contributed by atoms with E-state index in [1.807, 2.05) is 25.1 Å². The topological polar surface area (TPSA) is 9.23 Å². The molecule has 20 heavy (non-hydrogen) atoms. The third kappa shape index (κ3) is 4.00. The molecule has 0 heterocycles. The molecule has 1 nitrogen and oxygen atoms in total. The van der Waals surface area contributed by atoms with Gasteiger partial charge in [0.2, 0.25) is 0 Å². The molecule has 0 fully saturated rings. The van der Waals surface area contributed by atoms with Crippen LogP contribution in [0.3, 0.4) is 0 Å². The molecule has 2 aromatic rings. The molecular weight excluding hydrogens is 336 g/mol. The van der Waals surface area contributed by atoms with Crippen LogP contribution in [0.25, 0.3) is 0 Å². The van der Waals surface area contributed by atoms with Crippen LogP contribution in [-0.4, -0.2) is 6.61 Å². The Morgan fingerprint density at radius 1 is 1.15 bits per heavy atom. The van der Waals surface area contributed by atoms with Crippen molar-refractivity contribution in [1.29, 1.82) is 0 Å². The summed E-state index contributed by atoms with van der Waals surface area (Å²) in [6, 6.07) is 14.5. The molecule has 0 radical (unpaired) electrons. The van der Waals surface area contributed by atoms with Crippen molar-refractivity contribution < 1.29 is 4.74 Å². The van der Waals surface area contributed by atoms with E-state index in [1.54, 1.807) is 0 Å². The monoisotopic (exact) mass is 352 g/mol. The third-order valence-corrected chi connectivity index (χ3v) is 4.03. The lowest BCUT2D eigenvalue weighted by atomic mass is 10.0. The summed E-state index contributed by atoms with van der Waals surface area (Å²) in [5, 5.41) is -0.100. The minimum absolute atomic E-state index is 0.100. The van der Waals surface area contributed by atoms with Crippen molar-refractivity contribution in [1.82, 2.24) is 0 Å². The first kappa shape index (κ1) is 15.4. The SMILES string of the molecule is CCOc1ccc(Br)cc1C(Cl)Cc1ccc(C)cc1. The van der Waals surface area contributed by atoms with E-state index in [9.17, 15) is 0 Å². The van der Waals surface area contributed by atoms with Gasteiger partial charge in [-0.25, -0.2) is 0 Å². The Morgan fingerprint density at radius 2 is 1.85 bits per heavy atom. The number of rotatable bonds is 5. The van der Waals surface area contributed by atoms with Gasteiger partial charge in [0, 0.05) is 10.0 Å². The summed E-state index contributed by atoms with van der Waals surface area (Å²) >= 11 is 10.1. The van der Waals surface area contributed by atoms with E-state index in [1.165, 1.54) is 11.1 Å². The highest BCUT2D eigenvalue weighted by Gasteiger charge is 2.15.